The molecule has 6 nitrogen and oxygen atoms in total. The lowest BCUT2D eigenvalue weighted by Crippen LogP contribution is -2.24. The molecule has 100 valence electrons. The van der Waals surface area contributed by atoms with Gasteiger partial charge in [0, 0.05) is 43.8 Å². The topological polar surface area (TPSA) is 71.0 Å². The van der Waals surface area contributed by atoms with Gasteiger partial charge in [-0.1, -0.05) is 0 Å². The Kier molecular flexibility index (Phi) is 4.02. The summed E-state index contributed by atoms with van der Waals surface area (Å²) in [7, 11) is 3.47. The molecule has 2 aromatic rings. The number of carbonyl (C=O) groups excluding carboxylic acids is 1. The van der Waals surface area contributed by atoms with Crippen LogP contribution in [0.4, 0.5) is 16.2 Å². The molecule has 0 atom stereocenters. The number of hydrogen-bond acceptors (Lipinski definition) is 3. The summed E-state index contributed by atoms with van der Waals surface area (Å²) >= 11 is 0. The molecular weight excluding hydrogens is 242 g/mol. The minimum absolute atomic E-state index is 0.226. The van der Waals surface area contributed by atoms with Crippen LogP contribution in [0.25, 0.3) is 0 Å². The van der Waals surface area contributed by atoms with Crippen molar-refractivity contribution in [2.24, 2.45) is 7.05 Å². The Labute approximate surface area is 111 Å². The van der Waals surface area contributed by atoms with Crippen molar-refractivity contribution in [3.8, 4) is 0 Å². The summed E-state index contributed by atoms with van der Waals surface area (Å²) < 4.78 is 1.77. The summed E-state index contributed by atoms with van der Waals surface area (Å²) in [5.41, 5.74) is 2.87. The van der Waals surface area contributed by atoms with Crippen molar-refractivity contribution in [2.45, 2.75) is 6.54 Å². The van der Waals surface area contributed by atoms with Gasteiger partial charge < -0.3 is 16.0 Å². The van der Waals surface area contributed by atoms with Gasteiger partial charge in [0.05, 0.1) is 6.20 Å². The van der Waals surface area contributed by atoms with Crippen molar-refractivity contribution in [1.29, 1.82) is 0 Å². The Bertz CT molecular complexity index is 546. The maximum Gasteiger partial charge on any atom is 0.318 e. The van der Waals surface area contributed by atoms with E-state index < -0.39 is 0 Å². The zero-order chi connectivity index (χ0) is 13.7. The fraction of sp³-hybridized carbons (Fsp3) is 0.231. The highest BCUT2D eigenvalue weighted by atomic mass is 16.2. The highest BCUT2D eigenvalue weighted by molar-refractivity contribution is 5.89. The minimum Gasteiger partial charge on any atom is -0.381 e. The first kappa shape index (κ1) is 12.9. The zero-order valence-corrected chi connectivity index (χ0v) is 11.0. The van der Waals surface area contributed by atoms with Crippen LogP contribution in [0, 0.1) is 0 Å². The van der Waals surface area contributed by atoms with Gasteiger partial charge in [-0.05, 0) is 24.3 Å². The standard InChI is InChI=1S/C13H17N5O/c1-14-13(19)17-12-5-3-11(4-6-12)15-7-10-8-16-18(2)9-10/h3-6,8-9,15H,7H2,1-2H3,(H2,14,17,19). The van der Waals surface area contributed by atoms with Gasteiger partial charge in [-0.2, -0.15) is 5.10 Å². The fourth-order valence-corrected chi connectivity index (χ4v) is 1.63. The van der Waals surface area contributed by atoms with Crippen molar-refractivity contribution in [2.75, 3.05) is 17.7 Å². The highest BCUT2D eigenvalue weighted by Gasteiger charge is 1.99. The molecule has 0 fully saturated rings. The molecule has 0 aliphatic rings. The number of anilines is 2. The first-order chi connectivity index (χ1) is 9.17. The molecule has 19 heavy (non-hydrogen) atoms. The third-order valence-corrected chi connectivity index (χ3v) is 2.62. The van der Waals surface area contributed by atoms with Gasteiger partial charge in [-0.3, -0.25) is 4.68 Å². The molecule has 2 amide bonds. The van der Waals surface area contributed by atoms with Crippen molar-refractivity contribution >= 4 is 17.4 Å². The van der Waals surface area contributed by atoms with Crippen LogP contribution in [0.3, 0.4) is 0 Å². The second-order valence-corrected chi connectivity index (χ2v) is 4.16. The third-order valence-electron chi connectivity index (χ3n) is 2.62. The maximum absolute atomic E-state index is 11.1. The van der Waals surface area contributed by atoms with E-state index in [0.717, 1.165) is 23.5 Å². The van der Waals surface area contributed by atoms with E-state index in [1.54, 1.807) is 11.7 Å². The predicted octanol–water partition coefficient (Wildman–Crippen LogP) is 1.78. The normalized spacial score (nSPS) is 10.0. The van der Waals surface area contributed by atoms with E-state index in [2.05, 4.69) is 21.0 Å². The number of nitrogens with one attached hydrogen (secondary N) is 3. The average molecular weight is 259 g/mol. The fourth-order valence-electron chi connectivity index (χ4n) is 1.63. The Morgan fingerprint density at radius 3 is 2.53 bits per heavy atom. The number of nitrogens with zero attached hydrogens (tertiary/aromatic N) is 2. The van der Waals surface area contributed by atoms with Crippen molar-refractivity contribution in [3.63, 3.8) is 0 Å². The number of amides is 2. The lowest BCUT2D eigenvalue weighted by atomic mass is 10.2. The van der Waals surface area contributed by atoms with Gasteiger partial charge >= 0.3 is 6.03 Å². The van der Waals surface area contributed by atoms with E-state index in [9.17, 15) is 4.79 Å². The number of urea groups is 1. The first-order valence-corrected chi connectivity index (χ1v) is 5.97. The second-order valence-electron chi connectivity index (χ2n) is 4.16. The average Bonchev–Trinajstić information content (AvgIpc) is 2.83. The molecule has 0 unspecified atom stereocenters. The van der Waals surface area contributed by atoms with Crippen LogP contribution < -0.4 is 16.0 Å². The zero-order valence-electron chi connectivity index (χ0n) is 11.0. The maximum atomic E-state index is 11.1. The molecule has 1 heterocycles. The Balaban J connectivity index is 1.89. The molecule has 0 aliphatic carbocycles. The number of aromatic nitrogens is 2. The van der Waals surface area contributed by atoms with Gasteiger partial charge in [-0.25, -0.2) is 4.79 Å². The molecule has 0 saturated heterocycles. The molecule has 1 aromatic carbocycles. The SMILES string of the molecule is CNC(=O)Nc1ccc(NCc2cnn(C)c2)cc1. The number of hydrogen-bond donors (Lipinski definition) is 3. The quantitative estimate of drug-likeness (QED) is 0.784. The van der Waals surface area contributed by atoms with Gasteiger partial charge in [0.25, 0.3) is 0 Å². The summed E-state index contributed by atoms with van der Waals surface area (Å²) in [6, 6.07) is 7.31. The Morgan fingerprint density at radius 2 is 1.95 bits per heavy atom. The number of rotatable bonds is 4. The minimum atomic E-state index is -0.226. The van der Waals surface area contributed by atoms with Crippen molar-refractivity contribution in [3.05, 3.63) is 42.2 Å². The van der Waals surface area contributed by atoms with Gasteiger partial charge in [-0.15, -0.1) is 0 Å². The molecule has 0 spiro atoms. The second kappa shape index (κ2) is 5.90. The van der Waals surface area contributed by atoms with Gasteiger partial charge in [0.2, 0.25) is 0 Å². The van der Waals surface area contributed by atoms with Crippen molar-refractivity contribution < 1.29 is 4.79 Å². The number of benzene rings is 1. The Hall–Kier alpha value is -2.50. The van der Waals surface area contributed by atoms with Crippen LogP contribution >= 0.6 is 0 Å². The molecule has 0 radical (unpaired) electrons. The molecule has 2 rings (SSSR count). The van der Waals surface area contributed by atoms with E-state index in [-0.39, 0.29) is 6.03 Å². The van der Waals surface area contributed by atoms with Crippen LogP contribution in [0.5, 0.6) is 0 Å². The van der Waals surface area contributed by atoms with Crippen LogP contribution in [0.15, 0.2) is 36.7 Å². The van der Waals surface area contributed by atoms with Crippen molar-refractivity contribution in [1.82, 2.24) is 15.1 Å². The molecule has 0 saturated carbocycles. The lowest BCUT2D eigenvalue weighted by molar-refractivity contribution is 0.254. The van der Waals surface area contributed by atoms with Crippen LogP contribution in [0.2, 0.25) is 0 Å². The summed E-state index contributed by atoms with van der Waals surface area (Å²) in [5.74, 6) is 0. The molecular formula is C13H17N5O. The summed E-state index contributed by atoms with van der Waals surface area (Å²) in [5, 5.41) is 12.6. The predicted molar refractivity (Wildman–Crippen MR) is 75.1 cm³/mol. The molecule has 6 heteroatoms. The van der Waals surface area contributed by atoms with Gasteiger partial charge in [0.1, 0.15) is 0 Å². The van der Waals surface area contributed by atoms with E-state index >= 15 is 0 Å². The van der Waals surface area contributed by atoms with Crippen LogP contribution in [0.1, 0.15) is 5.56 Å². The first-order valence-electron chi connectivity index (χ1n) is 5.97. The highest BCUT2D eigenvalue weighted by Crippen LogP contribution is 2.14. The summed E-state index contributed by atoms with van der Waals surface area (Å²) in [6.45, 7) is 0.718. The largest absolute Gasteiger partial charge is 0.381 e. The van der Waals surface area contributed by atoms with E-state index in [1.807, 2.05) is 43.7 Å². The smallest absolute Gasteiger partial charge is 0.318 e. The van der Waals surface area contributed by atoms with Crippen LogP contribution in [-0.2, 0) is 13.6 Å². The monoisotopic (exact) mass is 259 g/mol. The van der Waals surface area contributed by atoms with E-state index in [1.165, 1.54) is 0 Å². The third kappa shape index (κ3) is 3.74. The lowest BCUT2D eigenvalue weighted by Gasteiger charge is -2.07. The molecule has 1 aromatic heterocycles. The summed E-state index contributed by atoms with van der Waals surface area (Å²) in [6.07, 6.45) is 3.79. The Morgan fingerprint density at radius 1 is 1.26 bits per heavy atom. The molecule has 0 bridgehead atoms. The van der Waals surface area contributed by atoms with Gasteiger partial charge in [0.15, 0.2) is 0 Å². The van der Waals surface area contributed by atoms with Crippen LogP contribution in [-0.4, -0.2) is 22.9 Å². The number of carbonyl (C=O) groups is 1. The molecule has 3 N–H and O–H groups in total. The molecule has 0 aliphatic heterocycles. The number of aryl methyl sites for hydroxylation is 1. The summed E-state index contributed by atoms with van der Waals surface area (Å²) in [4.78, 5) is 11.1. The van der Waals surface area contributed by atoms with E-state index in [0.29, 0.717) is 0 Å². The van der Waals surface area contributed by atoms with E-state index in [4.69, 9.17) is 0 Å².